The summed E-state index contributed by atoms with van der Waals surface area (Å²) >= 11 is 5.00. The van der Waals surface area contributed by atoms with Crippen LogP contribution in [0.1, 0.15) is 5.56 Å². The maximum atomic E-state index is 5.00. The van der Waals surface area contributed by atoms with E-state index in [1.54, 1.807) is 18.4 Å². The molecule has 0 aliphatic heterocycles. The van der Waals surface area contributed by atoms with E-state index in [4.69, 9.17) is 4.74 Å². The van der Waals surface area contributed by atoms with Crippen molar-refractivity contribution in [3.63, 3.8) is 0 Å². The molecule has 0 saturated heterocycles. The van der Waals surface area contributed by atoms with Crippen molar-refractivity contribution in [2.24, 2.45) is 0 Å². The molecule has 1 rings (SSSR count). The van der Waals surface area contributed by atoms with Crippen LogP contribution in [0.25, 0.3) is 0 Å². The lowest BCUT2D eigenvalue weighted by atomic mass is 10.4. The van der Waals surface area contributed by atoms with Gasteiger partial charge in [0.05, 0.1) is 10.9 Å². The van der Waals surface area contributed by atoms with Gasteiger partial charge in [-0.25, -0.2) is 0 Å². The maximum absolute atomic E-state index is 5.00. The molecule has 0 aliphatic rings. The smallest absolute Gasteiger partial charge is 0.174 e. The zero-order valence-corrected chi connectivity index (χ0v) is 8.90. The predicted octanol–water partition coefficient (Wildman–Crippen LogP) is 3.25. The summed E-state index contributed by atoms with van der Waals surface area (Å²) < 4.78 is 6.16. The SMILES string of the molecule is COc1cc(C)c(Br)s1.Cl. The molecule has 0 aromatic carbocycles. The third-order valence-electron chi connectivity index (χ3n) is 1.04. The first-order chi connectivity index (χ1) is 4.24. The Morgan fingerprint density at radius 3 is 2.40 bits per heavy atom. The molecule has 0 N–H and O–H groups in total. The molecule has 1 heterocycles. The molecule has 0 amide bonds. The minimum atomic E-state index is 0. The second-order valence-electron chi connectivity index (χ2n) is 1.73. The number of halogens is 2. The summed E-state index contributed by atoms with van der Waals surface area (Å²) in [6, 6.07) is 2.01. The zero-order chi connectivity index (χ0) is 6.85. The van der Waals surface area contributed by atoms with Gasteiger partial charge in [-0.05, 0) is 34.5 Å². The van der Waals surface area contributed by atoms with Crippen LogP contribution in [0.15, 0.2) is 9.85 Å². The van der Waals surface area contributed by atoms with Crippen LogP contribution in [0.2, 0.25) is 0 Å². The van der Waals surface area contributed by atoms with Crippen LogP contribution in [0.4, 0.5) is 0 Å². The Morgan fingerprint density at radius 2 is 2.20 bits per heavy atom. The Balaban J connectivity index is 0.000000810. The van der Waals surface area contributed by atoms with Crippen molar-refractivity contribution < 1.29 is 4.74 Å². The second kappa shape index (κ2) is 4.21. The van der Waals surface area contributed by atoms with Crippen molar-refractivity contribution in [3.05, 3.63) is 15.4 Å². The summed E-state index contributed by atoms with van der Waals surface area (Å²) in [5, 5.41) is 0.958. The van der Waals surface area contributed by atoms with E-state index in [0.717, 1.165) is 8.85 Å². The first-order valence-electron chi connectivity index (χ1n) is 2.54. The van der Waals surface area contributed by atoms with Crippen molar-refractivity contribution in [2.45, 2.75) is 6.92 Å². The standard InChI is InChI=1S/C6H7BrOS.ClH/c1-4-3-5(8-2)9-6(4)7;/h3H,1-2H3;1H. The third kappa shape index (κ3) is 2.15. The topological polar surface area (TPSA) is 9.23 Å². The molecule has 1 aromatic rings. The van der Waals surface area contributed by atoms with E-state index in [9.17, 15) is 0 Å². The van der Waals surface area contributed by atoms with Gasteiger partial charge in [-0.15, -0.1) is 12.4 Å². The molecule has 0 saturated carbocycles. The number of hydrogen-bond donors (Lipinski definition) is 0. The monoisotopic (exact) mass is 242 g/mol. The van der Waals surface area contributed by atoms with Crippen molar-refractivity contribution in [1.29, 1.82) is 0 Å². The fourth-order valence-corrected chi connectivity index (χ4v) is 1.84. The van der Waals surface area contributed by atoms with E-state index in [1.807, 2.05) is 13.0 Å². The van der Waals surface area contributed by atoms with Crippen LogP contribution in [-0.4, -0.2) is 7.11 Å². The van der Waals surface area contributed by atoms with Crippen LogP contribution >= 0.6 is 39.7 Å². The third-order valence-corrected chi connectivity index (χ3v) is 3.13. The van der Waals surface area contributed by atoms with Gasteiger partial charge >= 0.3 is 0 Å². The lowest BCUT2D eigenvalue weighted by Gasteiger charge is -1.87. The predicted molar refractivity (Wildman–Crippen MR) is 50.6 cm³/mol. The number of hydrogen-bond acceptors (Lipinski definition) is 2. The molecule has 0 radical (unpaired) electrons. The second-order valence-corrected chi connectivity index (χ2v) is 4.06. The number of rotatable bonds is 1. The lowest BCUT2D eigenvalue weighted by Crippen LogP contribution is -1.73. The highest BCUT2D eigenvalue weighted by atomic mass is 79.9. The quantitative estimate of drug-likeness (QED) is 0.736. The zero-order valence-electron chi connectivity index (χ0n) is 5.68. The van der Waals surface area contributed by atoms with Gasteiger partial charge in [0.1, 0.15) is 0 Å². The van der Waals surface area contributed by atoms with Gasteiger partial charge in [0, 0.05) is 0 Å². The van der Waals surface area contributed by atoms with E-state index in [2.05, 4.69) is 15.9 Å². The molecule has 0 atom stereocenters. The highest BCUT2D eigenvalue weighted by Gasteiger charge is 2.00. The minimum absolute atomic E-state index is 0. The molecule has 0 fully saturated rings. The maximum Gasteiger partial charge on any atom is 0.174 e. The van der Waals surface area contributed by atoms with Crippen LogP contribution in [0.5, 0.6) is 5.06 Å². The number of thiophene rings is 1. The van der Waals surface area contributed by atoms with Crippen molar-refractivity contribution in [2.75, 3.05) is 7.11 Å². The van der Waals surface area contributed by atoms with E-state index in [0.29, 0.717) is 0 Å². The Labute approximate surface area is 78.9 Å². The lowest BCUT2D eigenvalue weighted by molar-refractivity contribution is 0.427. The highest BCUT2D eigenvalue weighted by Crippen LogP contribution is 2.32. The average Bonchev–Trinajstić information content (AvgIpc) is 2.13. The van der Waals surface area contributed by atoms with Gasteiger partial charge < -0.3 is 4.74 Å². The van der Waals surface area contributed by atoms with Gasteiger partial charge in [-0.3, -0.25) is 0 Å². The van der Waals surface area contributed by atoms with Crippen molar-refractivity contribution in [1.82, 2.24) is 0 Å². The first kappa shape index (κ1) is 10.3. The van der Waals surface area contributed by atoms with Crippen LogP contribution < -0.4 is 4.74 Å². The largest absolute Gasteiger partial charge is 0.487 e. The summed E-state index contributed by atoms with van der Waals surface area (Å²) in [5.74, 6) is 0. The van der Waals surface area contributed by atoms with Gasteiger partial charge in [-0.1, -0.05) is 11.3 Å². The Kier molecular flexibility index (Phi) is 4.32. The summed E-state index contributed by atoms with van der Waals surface area (Å²) in [6.45, 7) is 2.04. The fourth-order valence-electron chi connectivity index (χ4n) is 0.532. The molecular weight excluding hydrogens is 235 g/mol. The van der Waals surface area contributed by atoms with Crippen LogP contribution in [0.3, 0.4) is 0 Å². The summed E-state index contributed by atoms with van der Waals surface area (Å²) in [5.41, 5.74) is 1.23. The molecule has 0 aliphatic carbocycles. The Hall–Kier alpha value is 0.270. The molecule has 0 spiro atoms. The molecule has 1 nitrogen and oxygen atoms in total. The summed E-state index contributed by atoms with van der Waals surface area (Å²) in [4.78, 5) is 0. The van der Waals surface area contributed by atoms with E-state index >= 15 is 0 Å². The Bertz CT molecular complexity index is 192. The number of aryl methyl sites for hydroxylation is 1. The normalized spacial score (nSPS) is 8.70. The fraction of sp³-hybridized carbons (Fsp3) is 0.333. The molecule has 4 heteroatoms. The van der Waals surface area contributed by atoms with Gasteiger partial charge in [-0.2, -0.15) is 0 Å². The first-order valence-corrected chi connectivity index (χ1v) is 4.15. The van der Waals surface area contributed by atoms with E-state index in [1.165, 1.54) is 5.56 Å². The summed E-state index contributed by atoms with van der Waals surface area (Å²) in [7, 11) is 1.68. The van der Waals surface area contributed by atoms with Crippen LogP contribution in [0, 0.1) is 6.92 Å². The van der Waals surface area contributed by atoms with Crippen molar-refractivity contribution >= 4 is 39.7 Å². The van der Waals surface area contributed by atoms with Crippen LogP contribution in [-0.2, 0) is 0 Å². The van der Waals surface area contributed by atoms with Gasteiger partial charge in [0.15, 0.2) is 5.06 Å². The average molecular weight is 244 g/mol. The highest BCUT2D eigenvalue weighted by molar-refractivity contribution is 9.11. The molecular formula is C6H8BrClOS. The van der Waals surface area contributed by atoms with Gasteiger partial charge in [0.25, 0.3) is 0 Å². The van der Waals surface area contributed by atoms with Gasteiger partial charge in [0.2, 0.25) is 0 Å². The molecule has 10 heavy (non-hydrogen) atoms. The van der Waals surface area contributed by atoms with E-state index in [-0.39, 0.29) is 12.4 Å². The molecule has 58 valence electrons. The number of ether oxygens (including phenoxy) is 1. The summed E-state index contributed by atoms with van der Waals surface area (Å²) in [6.07, 6.45) is 0. The van der Waals surface area contributed by atoms with E-state index < -0.39 is 0 Å². The number of methoxy groups -OCH3 is 1. The Morgan fingerprint density at radius 1 is 1.60 bits per heavy atom. The molecule has 1 aromatic heterocycles. The minimum Gasteiger partial charge on any atom is -0.487 e. The van der Waals surface area contributed by atoms with Crippen molar-refractivity contribution in [3.8, 4) is 5.06 Å². The molecule has 0 unspecified atom stereocenters. The molecule has 0 bridgehead atoms.